The Kier molecular flexibility index (Phi) is 7.97. The minimum absolute atomic E-state index is 0.0562. The lowest BCUT2D eigenvalue weighted by Crippen LogP contribution is -2.60. The fourth-order valence-corrected chi connectivity index (χ4v) is 4.71. The van der Waals surface area contributed by atoms with E-state index >= 15 is 0 Å². The number of carbonyl (C=O) groups is 2. The third kappa shape index (κ3) is 4.71. The first-order chi connectivity index (χ1) is 18.1. The summed E-state index contributed by atoms with van der Waals surface area (Å²) >= 11 is 0. The summed E-state index contributed by atoms with van der Waals surface area (Å²) in [5, 5.41) is 61.2. The first-order valence-corrected chi connectivity index (χ1v) is 11.8. The van der Waals surface area contributed by atoms with E-state index in [0.717, 1.165) is 0 Å². The highest BCUT2D eigenvalue weighted by atomic mass is 16.7. The number of nitrogens with zero attached hydrogens (tertiary/aromatic N) is 1. The zero-order chi connectivity index (χ0) is 27.7. The van der Waals surface area contributed by atoms with Crippen LogP contribution in [0.1, 0.15) is 49.4 Å². The molecule has 0 aromatic heterocycles. The summed E-state index contributed by atoms with van der Waals surface area (Å²) in [6, 6.07) is 6.09. The lowest BCUT2D eigenvalue weighted by Gasteiger charge is -2.40. The number of ketones is 2. The van der Waals surface area contributed by atoms with Crippen molar-refractivity contribution < 1.29 is 49.7 Å². The first kappa shape index (κ1) is 27.4. The predicted octanol–water partition coefficient (Wildman–Crippen LogP) is -1.96. The molecule has 2 aromatic carbocycles. The minimum atomic E-state index is -1.84. The van der Waals surface area contributed by atoms with Gasteiger partial charge in [-0.15, -0.1) is 0 Å². The number of ether oxygens (including phenoxy) is 2. The van der Waals surface area contributed by atoms with Crippen LogP contribution in [-0.4, -0.2) is 92.1 Å². The quantitative estimate of drug-likeness (QED) is 0.117. The number of rotatable bonds is 8. The highest BCUT2D eigenvalue weighted by Crippen LogP contribution is 2.45. The summed E-state index contributed by atoms with van der Waals surface area (Å²) in [5.41, 5.74) is 11.1. The van der Waals surface area contributed by atoms with Gasteiger partial charge in [-0.25, -0.2) is 4.99 Å². The molecule has 0 bridgehead atoms. The highest BCUT2D eigenvalue weighted by molar-refractivity contribution is 6.30. The molecule has 204 valence electrons. The van der Waals surface area contributed by atoms with Gasteiger partial charge in [0.2, 0.25) is 6.29 Å². The molecule has 2 aliphatic rings. The van der Waals surface area contributed by atoms with Crippen molar-refractivity contribution in [2.75, 3.05) is 13.2 Å². The van der Waals surface area contributed by atoms with E-state index < -0.39 is 60.4 Å². The molecule has 13 heteroatoms. The van der Waals surface area contributed by atoms with E-state index in [2.05, 4.69) is 4.99 Å². The summed E-state index contributed by atoms with van der Waals surface area (Å²) in [5.74, 6) is -2.69. The number of carbonyl (C=O) groups excluding carboxylic acids is 2. The third-order valence-corrected chi connectivity index (χ3v) is 6.60. The van der Waals surface area contributed by atoms with Gasteiger partial charge in [-0.2, -0.15) is 0 Å². The maximum atomic E-state index is 13.6. The first-order valence-electron chi connectivity index (χ1n) is 11.8. The number of aromatic hydroxyl groups is 1. The maximum Gasteiger partial charge on any atom is 0.229 e. The van der Waals surface area contributed by atoms with Crippen molar-refractivity contribution >= 4 is 17.5 Å². The number of aliphatic hydroxyl groups excluding tert-OH is 5. The molecular formula is C25H29N3O10. The Hall–Kier alpha value is -3.59. The molecule has 1 aliphatic heterocycles. The number of nitrogens with two attached hydrogens (primary N) is 2. The Balaban J connectivity index is 1.95. The van der Waals surface area contributed by atoms with Gasteiger partial charge in [-0.1, -0.05) is 24.3 Å². The molecule has 10 N–H and O–H groups in total. The number of aliphatic imine (C=N–C) groups is 1. The molecule has 0 spiro atoms. The second kappa shape index (κ2) is 11.0. The number of fused-ring (bicyclic) bond motifs is 2. The van der Waals surface area contributed by atoms with Gasteiger partial charge in [-0.3, -0.25) is 9.59 Å². The Morgan fingerprint density at radius 2 is 1.58 bits per heavy atom. The van der Waals surface area contributed by atoms with Crippen LogP contribution in [0.25, 0.3) is 0 Å². The number of aliphatic hydroxyl groups is 5. The van der Waals surface area contributed by atoms with Gasteiger partial charge < -0.3 is 51.6 Å². The van der Waals surface area contributed by atoms with Gasteiger partial charge in [0, 0.05) is 28.9 Å². The Labute approximate surface area is 216 Å². The van der Waals surface area contributed by atoms with Gasteiger partial charge >= 0.3 is 0 Å². The number of hydrogen-bond acceptors (Lipinski definition) is 11. The van der Waals surface area contributed by atoms with Gasteiger partial charge in [-0.05, 0) is 18.4 Å². The second-order valence-electron chi connectivity index (χ2n) is 8.97. The number of phenols is 1. The van der Waals surface area contributed by atoms with Crippen molar-refractivity contribution in [3.05, 3.63) is 57.6 Å². The summed E-state index contributed by atoms with van der Waals surface area (Å²) in [6.07, 6.45) is -8.10. The Morgan fingerprint density at radius 3 is 2.16 bits per heavy atom. The van der Waals surface area contributed by atoms with E-state index in [1.165, 1.54) is 12.1 Å². The van der Waals surface area contributed by atoms with Gasteiger partial charge in [0.1, 0.15) is 24.4 Å². The van der Waals surface area contributed by atoms with Crippen molar-refractivity contribution in [1.82, 2.24) is 0 Å². The molecule has 2 aromatic rings. The SMILES string of the molecule is NC(N)=NCc1c(CCCO)c2c(c(O)c1O[C@@H]1O[C@@H](CO)[C@H](O)[C@@H](O)[C@@H]1O)C(=O)c1ccccc1C2=O. The summed E-state index contributed by atoms with van der Waals surface area (Å²) in [4.78, 5) is 31.1. The zero-order valence-corrected chi connectivity index (χ0v) is 20.1. The van der Waals surface area contributed by atoms with E-state index in [1.807, 2.05) is 0 Å². The smallest absolute Gasteiger partial charge is 0.229 e. The van der Waals surface area contributed by atoms with Crippen LogP contribution in [0.2, 0.25) is 0 Å². The van der Waals surface area contributed by atoms with E-state index in [9.17, 15) is 40.2 Å². The third-order valence-electron chi connectivity index (χ3n) is 6.60. The molecule has 0 amide bonds. The highest BCUT2D eigenvalue weighted by Gasteiger charge is 2.46. The molecule has 0 saturated carbocycles. The Bertz CT molecular complexity index is 1270. The Morgan fingerprint density at radius 1 is 0.947 bits per heavy atom. The standard InChI is InChI=1S/C25H29N3O10/c26-25(27)28-8-13-10(6-3-7-29)15-16(18(32)12-5-2-1-4-11(12)17(15)31)20(34)23(13)38-24-22(36)21(35)19(33)14(9-30)37-24/h1-2,4-5,14,19,21-22,24,29-30,33-36H,3,6-9H2,(H4,26,27,28)/t14-,19-,21+,22-,24-/m0/s1. The second-order valence-corrected chi connectivity index (χ2v) is 8.97. The molecule has 13 nitrogen and oxygen atoms in total. The zero-order valence-electron chi connectivity index (χ0n) is 20.1. The summed E-state index contributed by atoms with van der Waals surface area (Å²) < 4.78 is 11.2. The van der Waals surface area contributed by atoms with E-state index in [1.54, 1.807) is 12.1 Å². The largest absolute Gasteiger partial charge is 0.504 e. The van der Waals surface area contributed by atoms with Gasteiger partial charge in [0.25, 0.3) is 0 Å². The van der Waals surface area contributed by atoms with Gasteiger partial charge in [0.15, 0.2) is 29.0 Å². The normalized spacial score (nSPS) is 24.5. The molecule has 0 unspecified atom stereocenters. The van der Waals surface area contributed by atoms with Crippen LogP contribution >= 0.6 is 0 Å². The van der Waals surface area contributed by atoms with Crippen molar-refractivity contribution in [3.63, 3.8) is 0 Å². The van der Waals surface area contributed by atoms with E-state index in [4.69, 9.17) is 20.9 Å². The summed E-state index contributed by atoms with van der Waals surface area (Å²) in [7, 11) is 0. The number of phenolic OH excluding ortho intramolecular Hbond substituents is 1. The number of hydrogen-bond donors (Lipinski definition) is 8. The van der Waals surface area contributed by atoms with E-state index in [-0.39, 0.29) is 65.3 Å². The van der Waals surface area contributed by atoms with Crippen molar-refractivity contribution in [2.24, 2.45) is 16.5 Å². The van der Waals surface area contributed by atoms with Crippen LogP contribution in [0.15, 0.2) is 29.3 Å². The van der Waals surface area contributed by atoms with Crippen molar-refractivity contribution in [3.8, 4) is 11.5 Å². The van der Waals surface area contributed by atoms with Crippen LogP contribution in [-0.2, 0) is 17.7 Å². The van der Waals surface area contributed by atoms with Crippen molar-refractivity contribution in [2.45, 2.75) is 50.1 Å². The van der Waals surface area contributed by atoms with Crippen LogP contribution in [0.3, 0.4) is 0 Å². The number of benzene rings is 2. The van der Waals surface area contributed by atoms with Gasteiger partial charge in [0.05, 0.1) is 18.7 Å². The molecular weight excluding hydrogens is 502 g/mol. The lowest BCUT2D eigenvalue weighted by atomic mass is 9.78. The molecule has 1 fully saturated rings. The monoisotopic (exact) mass is 531 g/mol. The number of guanidine groups is 1. The molecule has 1 aliphatic carbocycles. The predicted molar refractivity (Wildman–Crippen MR) is 131 cm³/mol. The fourth-order valence-electron chi connectivity index (χ4n) is 4.71. The summed E-state index contributed by atoms with van der Waals surface area (Å²) in [6.45, 7) is -1.33. The minimum Gasteiger partial charge on any atom is -0.504 e. The topological polar surface area (TPSA) is 238 Å². The van der Waals surface area contributed by atoms with Crippen LogP contribution < -0.4 is 16.2 Å². The van der Waals surface area contributed by atoms with Crippen LogP contribution in [0.4, 0.5) is 0 Å². The lowest BCUT2D eigenvalue weighted by molar-refractivity contribution is -0.277. The van der Waals surface area contributed by atoms with Crippen molar-refractivity contribution in [1.29, 1.82) is 0 Å². The average molecular weight is 532 g/mol. The van der Waals surface area contributed by atoms with Crippen LogP contribution in [0.5, 0.6) is 11.5 Å². The molecule has 1 saturated heterocycles. The van der Waals surface area contributed by atoms with Crippen LogP contribution in [0, 0.1) is 0 Å². The van der Waals surface area contributed by atoms with E-state index in [0.29, 0.717) is 0 Å². The maximum absolute atomic E-state index is 13.6. The molecule has 5 atom stereocenters. The fraction of sp³-hybridized carbons (Fsp3) is 0.400. The molecule has 4 rings (SSSR count). The molecule has 1 heterocycles. The average Bonchev–Trinajstić information content (AvgIpc) is 2.90. The molecule has 0 radical (unpaired) electrons. The molecule has 38 heavy (non-hydrogen) atoms.